The maximum atomic E-state index is 12.8. The zero-order valence-corrected chi connectivity index (χ0v) is 15.9. The van der Waals surface area contributed by atoms with Crippen LogP contribution in [-0.4, -0.2) is 15.4 Å². The number of hydrogen-bond donors (Lipinski definition) is 0. The molecule has 0 saturated carbocycles. The molecule has 1 aromatic carbocycles. The molecule has 0 aliphatic heterocycles. The van der Waals surface area contributed by atoms with Crippen LogP contribution in [0.25, 0.3) is 5.65 Å². The normalized spacial score (nSPS) is 13.3. The summed E-state index contributed by atoms with van der Waals surface area (Å²) in [7, 11) is 0. The van der Waals surface area contributed by atoms with E-state index in [1.165, 1.54) is 10.5 Å². The van der Waals surface area contributed by atoms with Gasteiger partial charge in [-0.15, -0.1) is 0 Å². The first kappa shape index (κ1) is 18.8. The predicted molar refractivity (Wildman–Crippen MR) is 105 cm³/mol. The van der Waals surface area contributed by atoms with Gasteiger partial charge in [-0.3, -0.25) is 14.0 Å². The van der Waals surface area contributed by atoms with Gasteiger partial charge in [-0.1, -0.05) is 56.7 Å². The zero-order valence-electron chi connectivity index (χ0n) is 15.9. The van der Waals surface area contributed by atoms with Crippen LogP contribution < -0.4 is 5.56 Å². The molecule has 0 aliphatic rings. The van der Waals surface area contributed by atoms with Crippen LogP contribution in [-0.2, 0) is 16.1 Å². The van der Waals surface area contributed by atoms with Crippen molar-refractivity contribution in [2.75, 3.05) is 0 Å². The average molecular weight is 364 g/mol. The van der Waals surface area contributed by atoms with Gasteiger partial charge in [0, 0.05) is 12.3 Å². The van der Waals surface area contributed by atoms with E-state index in [1.54, 1.807) is 6.20 Å². The number of carbonyl (C=O) groups excluding carboxylic acids is 1. The number of ether oxygens (including phenoxy) is 1. The third-order valence-electron chi connectivity index (χ3n) is 4.93. The van der Waals surface area contributed by atoms with Crippen molar-refractivity contribution in [1.82, 2.24) is 9.38 Å². The van der Waals surface area contributed by atoms with Crippen LogP contribution in [0.4, 0.5) is 0 Å². The number of aromatic nitrogens is 2. The van der Waals surface area contributed by atoms with Crippen LogP contribution >= 0.6 is 0 Å². The van der Waals surface area contributed by atoms with Gasteiger partial charge < -0.3 is 4.74 Å². The molecule has 5 nitrogen and oxygen atoms in total. The number of pyridine rings is 1. The number of fused-ring (bicyclic) bond motifs is 1. The lowest BCUT2D eigenvalue weighted by Gasteiger charge is -2.21. The molecule has 0 amide bonds. The summed E-state index contributed by atoms with van der Waals surface area (Å²) in [6, 6.07) is 14.8. The average Bonchev–Trinajstić information content (AvgIpc) is 2.68. The highest BCUT2D eigenvalue weighted by Crippen LogP contribution is 2.28. The first-order valence-electron chi connectivity index (χ1n) is 9.20. The van der Waals surface area contributed by atoms with E-state index >= 15 is 0 Å². The minimum absolute atomic E-state index is 0.0152. The van der Waals surface area contributed by atoms with Gasteiger partial charge in [0.1, 0.15) is 12.3 Å². The summed E-state index contributed by atoms with van der Waals surface area (Å²) in [5, 5.41) is 0. The van der Waals surface area contributed by atoms with Gasteiger partial charge in [0.25, 0.3) is 5.56 Å². The fourth-order valence-corrected chi connectivity index (χ4v) is 3.21. The van der Waals surface area contributed by atoms with Gasteiger partial charge in [0.05, 0.1) is 11.6 Å². The number of rotatable bonds is 6. The van der Waals surface area contributed by atoms with Crippen molar-refractivity contribution in [2.24, 2.45) is 5.92 Å². The zero-order chi connectivity index (χ0) is 19.4. The highest BCUT2D eigenvalue weighted by molar-refractivity contribution is 5.78. The summed E-state index contributed by atoms with van der Waals surface area (Å²) in [4.78, 5) is 29.6. The van der Waals surface area contributed by atoms with Crippen LogP contribution in [0.5, 0.6) is 0 Å². The van der Waals surface area contributed by atoms with Crippen LogP contribution in [0, 0.1) is 12.8 Å². The Balaban J connectivity index is 1.82. The molecule has 3 aromatic rings. The number of nitrogens with zero attached hydrogens (tertiary/aromatic N) is 2. The van der Waals surface area contributed by atoms with Gasteiger partial charge in [0.2, 0.25) is 0 Å². The van der Waals surface area contributed by atoms with Crippen LogP contribution in [0.1, 0.15) is 43.0 Å². The molecule has 0 saturated heterocycles. The largest absolute Gasteiger partial charge is 0.459 e. The Morgan fingerprint density at radius 2 is 1.93 bits per heavy atom. The molecule has 0 radical (unpaired) electrons. The number of esters is 1. The highest BCUT2D eigenvalue weighted by Gasteiger charge is 2.27. The predicted octanol–water partition coefficient (Wildman–Crippen LogP) is 3.88. The monoisotopic (exact) mass is 364 g/mol. The minimum Gasteiger partial charge on any atom is -0.459 e. The van der Waals surface area contributed by atoms with E-state index in [-0.39, 0.29) is 30.0 Å². The van der Waals surface area contributed by atoms with E-state index in [9.17, 15) is 9.59 Å². The number of benzene rings is 1. The van der Waals surface area contributed by atoms with Crippen LogP contribution in [0.15, 0.2) is 59.5 Å². The summed E-state index contributed by atoms with van der Waals surface area (Å²) >= 11 is 0. The van der Waals surface area contributed by atoms with Crippen molar-refractivity contribution >= 4 is 11.6 Å². The van der Waals surface area contributed by atoms with Crippen molar-refractivity contribution in [1.29, 1.82) is 0 Å². The fourth-order valence-electron chi connectivity index (χ4n) is 3.21. The molecular formula is C22H24N2O3. The van der Waals surface area contributed by atoms with Crippen LogP contribution in [0.3, 0.4) is 0 Å². The molecule has 0 N–H and O–H groups in total. The first-order chi connectivity index (χ1) is 13.0. The molecule has 140 valence electrons. The molecule has 0 aliphatic carbocycles. The van der Waals surface area contributed by atoms with Gasteiger partial charge in [0.15, 0.2) is 0 Å². The minimum atomic E-state index is -0.334. The number of hydrogen-bond acceptors (Lipinski definition) is 4. The second kappa shape index (κ2) is 8.16. The smallest absolute Gasteiger partial charge is 0.314 e. The third kappa shape index (κ3) is 4.08. The molecule has 0 bridgehead atoms. The lowest BCUT2D eigenvalue weighted by Crippen LogP contribution is -2.23. The number of carbonyl (C=O) groups is 1. The Morgan fingerprint density at radius 1 is 1.19 bits per heavy atom. The Labute approximate surface area is 158 Å². The Kier molecular flexibility index (Phi) is 5.69. The standard InChI is InChI=1S/C22H24N2O3/c1-4-15(2)20(17-10-6-5-7-11-17)22(26)27-14-18-13-19(25)24-12-8-9-16(3)21(24)23-18/h5-13,15,20H,4,14H2,1-3H3/t15-,20-/m0/s1. The van der Waals surface area contributed by atoms with E-state index in [4.69, 9.17) is 4.74 Å². The molecule has 0 spiro atoms. The molecule has 27 heavy (non-hydrogen) atoms. The second-order valence-corrected chi connectivity index (χ2v) is 6.85. The molecule has 5 heteroatoms. The van der Waals surface area contributed by atoms with E-state index in [1.807, 2.05) is 56.3 Å². The quantitative estimate of drug-likeness (QED) is 0.623. The molecule has 2 aromatic heterocycles. The summed E-state index contributed by atoms with van der Waals surface area (Å²) < 4.78 is 7.05. The molecular weight excluding hydrogens is 340 g/mol. The molecule has 2 atom stereocenters. The molecule has 2 heterocycles. The molecule has 3 rings (SSSR count). The Bertz CT molecular complexity index is 995. The summed E-state index contributed by atoms with van der Waals surface area (Å²) in [5.41, 5.74) is 2.69. The Hall–Kier alpha value is -2.95. The topological polar surface area (TPSA) is 60.7 Å². The van der Waals surface area contributed by atoms with Crippen molar-refractivity contribution in [3.05, 3.63) is 81.9 Å². The molecule has 0 fully saturated rings. The summed E-state index contributed by atoms with van der Waals surface area (Å²) in [5.74, 6) is -0.473. The lowest BCUT2D eigenvalue weighted by molar-refractivity contribution is -0.148. The van der Waals surface area contributed by atoms with Crippen molar-refractivity contribution < 1.29 is 9.53 Å². The lowest BCUT2D eigenvalue weighted by atomic mass is 9.86. The van der Waals surface area contributed by atoms with Crippen molar-refractivity contribution in [2.45, 2.75) is 39.7 Å². The summed E-state index contributed by atoms with van der Waals surface area (Å²) in [6.07, 6.45) is 2.55. The van der Waals surface area contributed by atoms with E-state index < -0.39 is 0 Å². The maximum absolute atomic E-state index is 12.8. The van der Waals surface area contributed by atoms with Gasteiger partial charge >= 0.3 is 5.97 Å². The van der Waals surface area contributed by atoms with Gasteiger partial charge in [-0.05, 0) is 30.0 Å². The fraction of sp³-hybridized carbons (Fsp3) is 0.318. The second-order valence-electron chi connectivity index (χ2n) is 6.85. The SMILES string of the molecule is CC[C@H](C)[C@H](C(=O)OCc1cc(=O)n2cccc(C)c2n1)c1ccccc1. The van der Waals surface area contributed by atoms with Crippen molar-refractivity contribution in [3.8, 4) is 0 Å². The van der Waals surface area contributed by atoms with E-state index in [2.05, 4.69) is 11.9 Å². The Morgan fingerprint density at radius 3 is 2.63 bits per heavy atom. The molecule has 0 unspecified atom stereocenters. The third-order valence-corrected chi connectivity index (χ3v) is 4.93. The maximum Gasteiger partial charge on any atom is 0.314 e. The van der Waals surface area contributed by atoms with Crippen LogP contribution in [0.2, 0.25) is 0 Å². The first-order valence-corrected chi connectivity index (χ1v) is 9.20. The van der Waals surface area contributed by atoms with E-state index in [0.717, 1.165) is 17.5 Å². The summed E-state index contributed by atoms with van der Waals surface area (Å²) in [6.45, 7) is 5.98. The van der Waals surface area contributed by atoms with E-state index in [0.29, 0.717) is 11.3 Å². The highest BCUT2D eigenvalue weighted by atomic mass is 16.5. The van der Waals surface area contributed by atoms with Gasteiger partial charge in [-0.2, -0.15) is 0 Å². The number of aryl methyl sites for hydroxylation is 1. The van der Waals surface area contributed by atoms with Gasteiger partial charge in [-0.25, -0.2) is 4.98 Å². The van der Waals surface area contributed by atoms with Crippen molar-refractivity contribution in [3.63, 3.8) is 0 Å².